The minimum atomic E-state index is -0.866. The number of ether oxygens (including phenoxy) is 1. The zero-order valence-electron chi connectivity index (χ0n) is 14.7. The number of imide groups is 1. The summed E-state index contributed by atoms with van der Waals surface area (Å²) in [5, 5.41) is 5.41. The van der Waals surface area contributed by atoms with Gasteiger partial charge in [-0.05, 0) is 38.8 Å². The molecule has 8 nitrogen and oxygen atoms in total. The van der Waals surface area contributed by atoms with Gasteiger partial charge >= 0.3 is 6.03 Å². The Bertz CT molecular complexity index is 597. The molecule has 8 heteroatoms. The fourth-order valence-corrected chi connectivity index (χ4v) is 2.48. The van der Waals surface area contributed by atoms with E-state index < -0.39 is 11.6 Å². The Balaban J connectivity index is 1.51. The zero-order valence-corrected chi connectivity index (χ0v) is 14.7. The Morgan fingerprint density at radius 1 is 1.36 bits per heavy atom. The summed E-state index contributed by atoms with van der Waals surface area (Å²) in [6.07, 6.45) is 3.01. The monoisotopic (exact) mass is 351 g/mol. The van der Waals surface area contributed by atoms with Gasteiger partial charge in [0, 0.05) is 26.1 Å². The van der Waals surface area contributed by atoms with Crippen LogP contribution in [0.25, 0.3) is 0 Å². The van der Waals surface area contributed by atoms with Crippen LogP contribution in [0, 0.1) is 0 Å². The van der Waals surface area contributed by atoms with Gasteiger partial charge in [0.2, 0.25) is 5.91 Å². The summed E-state index contributed by atoms with van der Waals surface area (Å²) in [4.78, 5) is 36.6. The minimum absolute atomic E-state index is 0.0997. The Hall–Kier alpha value is -2.35. The summed E-state index contributed by atoms with van der Waals surface area (Å²) < 4.78 is 10.6. The third-order valence-corrected chi connectivity index (χ3v) is 3.84. The maximum Gasteiger partial charge on any atom is 0.325 e. The van der Waals surface area contributed by atoms with Gasteiger partial charge in [0.25, 0.3) is 5.91 Å². The van der Waals surface area contributed by atoms with Crippen molar-refractivity contribution >= 4 is 17.8 Å². The minimum Gasteiger partial charge on any atom is -0.467 e. The van der Waals surface area contributed by atoms with Crippen molar-refractivity contribution in [3.8, 4) is 0 Å². The van der Waals surface area contributed by atoms with Crippen LogP contribution in [0.5, 0.6) is 0 Å². The lowest BCUT2D eigenvalue weighted by Gasteiger charge is -2.15. The number of nitrogens with zero attached hydrogens (tertiary/aromatic N) is 1. The van der Waals surface area contributed by atoms with Gasteiger partial charge in [0.1, 0.15) is 17.9 Å². The smallest absolute Gasteiger partial charge is 0.325 e. The molecular weight excluding hydrogens is 326 g/mol. The molecule has 0 aliphatic carbocycles. The number of hydrogen-bond acceptors (Lipinski definition) is 5. The molecule has 1 aromatic heterocycles. The Kier molecular flexibility index (Phi) is 6.58. The molecule has 1 aromatic rings. The third-order valence-electron chi connectivity index (χ3n) is 3.84. The maximum atomic E-state index is 12.0. The van der Waals surface area contributed by atoms with Crippen LogP contribution in [0.15, 0.2) is 22.8 Å². The van der Waals surface area contributed by atoms with Crippen LogP contribution >= 0.6 is 0 Å². The van der Waals surface area contributed by atoms with E-state index in [0.717, 1.165) is 10.7 Å². The summed E-state index contributed by atoms with van der Waals surface area (Å²) in [6, 6.07) is 3.25. The van der Waals surface area contributed by atoms with Gasteiger partial charge < -0.3 is 19.8 Å². The van der Waals surface area contributed by atoms with Crippen LogP contribution in [-0.4, -0.2) is 48.0 Å². The van der Waals surface area contributed by atoms with E-state index in [9.17, 15) is 14.4 Å². The van der Waals surface area contributed by atoms with Crippen LogP contribution in [0.4, 0.5) is 4.79 Å². The van der Waals surface area contributed by atoms with Crippen molar-refractivity contribution in [2.75, 3.05) is 19.7 Å². The highest BCUT2D eigenvalue weighted by molar-refractivity contribution is 6.06. The van der Waals surface area contributed by atoms with Gasteiger partial charge in [0.15, 0.2) is 0 Å². The predicted molar refractivity (Wildman–Crippen MR) is 89.5 cm³/mol. The molecule has 0 bridgehead atoms. The normalized spacial score (nSPS) is 16.2. The second-order valence-electron chi connectivity index (χ2n) is 6.45. The summed E-state index contributed by atoms with van der Waals surface area (Å²) in [6.45, 7) is 5.03. The average Bonchev–Trinajstić information content (AvgIpc) is 3.12. The van der Waals surface area contributed by atoms with Gasteiger partial charge in [-0.15, -0.1) is 0 Å². The van der Waals surface area contributed by atoms with E-state index in [1.807, 2.05) is 6.07 Å². The molecule has 4 amide bonds. The van der Waals surface area contributed by atoms with Crippen LogP contribution < -0.4 is 10.6 Å². The molecule has 0 atom stereocenters. The van der Waals surface area contributed by atoms with Crippen molar-refractivity contribution in [2.24, 2.45) is 0 Å². The topological polar surface area (TPSA) is 101 Å². The number of carbonyl (C=O) groups excluding carboxylic acids is 3. The van der Waals surface area contributed by atoms with Gasteiger partial charge in [-0.25, -0.2) is 4.79 Å². The zero-order chi connectivity index (χ0) is 18.3. The van der Waals surface area contributed by atoms with Gasteiger partial charge in [-0.3, -0.25) is 14.5 Å². The van der Waals surface area contributed by atoms with E-state index >= 15 is 0 Å². The molecule has 138 valence electrons. The molecule has 1 aliphatic rings. The van der Waals surface area contributed by atoms with Crippen molar-refractivity contribution in [3.63, 3.8) is 0 Å². The number of urea groups is 1. The molecule has 2 N–H and O–H groups in total. The van der Waals surface area contributed by atoms with E-state index in [1.54, 1.807) is 26.2 Å². The molecule has 0 saturated carbocycles. The molecule has 2 rings (SSSR count). The second kappa shape index (κ2) is 8.66. The predicted octanol–water partition coefficient (Wildman–Crippen LogP) is 1.41. The highest BCUT2D eigenvalue weighted by Crippen LogP contribution is 2.16. The summed E-state index contributed by atoms with van der Waals surface area (Å²) >= 11 is 0. The second-order valence-corrected chi connectivity index (χ2v) is 6.45. The lowest BCUT2D eigenvalue weighted by Crippen LogP contribution is -2.40. The van der Waals surface area contributed by atoms with E-state index in [1.165, 1.54) is 0 Å². The molecule has 0 radical (unpaired) electrons. The quantitative estimate of drug-likeness (QED) is 0.490. The van der Waals surface area contributed by atoms with Crippen molar-refractivity contribution in [3.05, 3.63) is 24.2 Å². The highest BCUT2D eigenvalue weighted by Gasteiger charge is 2.43. The van der Waals surface area contributed by atoms with Crippen molar-refractivity contribution in [1.29, 1.82) is 0 Å². The van der Waals surface area contributed by atoms with Crippen molar-refractivity contribution in [2.45, 2.75) is 45.3 Å². The van der Waals surface area contributed by atoms with E-state index in [4.69, 9.17) is 9.15 Å². The van der Waals surface area contributed by atoms with Crippen LogP contribution in [-0.2, 0) is 20.9 Å². The number of furan rings is 1. The Morgan fingerprint density at radius 2 is 2.16 bits per heavy atom. The molecule has 2 heterocycles. The van der Waals surface area contributed by atoms with E-state index in [2.05, 4.69) is 10.6 Å². The Morgan fingerprint density at radius 3 is 2.80 bits per heavy atom. The van der Waals surface area contributed by atoms with Gasteiger partial charge in [-0.1, -0.05) is 0 Å². The SMILES string of the molecule is CC1(C)NC(=O)N(CCCC(=O)NCCCOCc2ccco2)C1=O. The maximum absolute atomic E-state index is 12.0. The molecule has 25 heavy (non-hydrogen) atoms. The molecular formula is C17H25N3O5. The van der Waals surface area contributed by atoms with Crippen LogP contribution in [0.3, 0.4) is 0 Å². The van der Waals surface area contributed by atoms with Crippen LogP contribution in [0.2, 0.25) is 0 Å². The largest absolute Gasteiger partial charge is 0.467 e. The molecule has 1 saturated heterocycles. The first-order valence-electron chi connectivity index (χ1n) is 8.41. The first-order chi connectivity index (χ1) is 11.9. The number of nitrogens with one attached hydrogen (secondary N) is 2. The van der Waals surface area contributed by atoms with Crippen molar-refractivity contribution < 1.29 is 23.5 Å². The summed E-state index contributed by atoms with van der Waals surface area (Å²) in [5.41, 5.74) is -0.866. The standard InChI is InChI=1S/C17H25N3O5/c1-17(2)15(22)20(16(23)19-17)9-3-7-14(21)18-8-5-10-24-12-13-6-4-11-25-13/h4,6,11H,3,5,7-10,12H2,1-2H3,(H,18,21)(H,19,23). The van der Waals surface area contributed by atoms with Crippen LogP contribution in [0.1, 0.15) is 38.9 Å². The summed E-state index contributed by atoms with van der Waals surface area (Å²) in [7, 11) is 0. The molecule has 1 fully saturated rings. The fourth-order valence-electron chi connectivity index (χ4n) is 2.48. The molecule has 1 aliphatic heterocycles. The Labute approximate surface area is 146 Å². The average molecular weight is 351 g/mol. The van der Waals surface area contributed by atoms with Gasteiger partial charge in [-0.2, -0.15) is 0 Å². The number of carbonyl (C=O) groups is 3. The highest BCUT2D eigenvalue weighted by atomic mass is 16.5. The van der Waals surface area contributed by atoms with E-state index in [0.29, 0.717) is 32.6 Å². The molecule has 0 aromatic carbocycles. The lowest BCUT2D eigenvalue weighted by atomic mass is 10.1. The fraction of sp³-hybridized carbons (Fsp3) is 0.588. The lowest BCUT2D eigenvalue weighted by molar-refractivity contribution is -0.130. The molecule has 0 spiro atoms. The first kappa shape index (κ1) is 19.0. The number of rotatable bonds is 10. The van der Waals surface area contributed by atoms with E-state index in [-0.39, 0.29) is 24.8 Å². The number of hydrogen-bond donors (Lipinski definition) is 2. The number of amides is 4. The van der Waals surface area contributed by atoms with Crippen molar-refractivity contribution in [1.82, 2.24) is 15.5 Å². The third kappa shape index (κ3) is 5.60. The first-order valence-corrected chi connectivity index (χ1v) is 8.41. The summed E-state index contributed by atoms with van der Waals surface area (Å²) in [5.74, 6) is 0.414. The molecule has 0 unspecified atom stereocenters. The van der Waals surface area contributed by atoms with Gasteiger partial charge in [0.05, 0.1) is 6.26 Å².